The van der Waals surface area contributed by atoms with Crippen molar-refractivity contribution in [3.8, 4) is 5.69 Å². The molecule has 3 rings (SSSR count). The number of nitrogens with zero attached hydrogens (tertiary/aromatic N) is 1. The quantitative estimate of drug-likeness (QED) is 0.443. The lowest BCUT2D eigenvalue weighted by atomic mass is 9.96. The Morgan fingerprint density at radius 3 is 2.46 bits per heavy atom. The summed E-state index contributed by atoms with van der Waals surface area (Å²) in [5.41, 5.74) is 3.71. The van der Waals surface area contributed by atoms with Crippen LogP contribution in [0.15, 0.2) is 30.3 Å². The molecule has 1 fully saturated rings. The Morgan fingerprint density at radius 2 is 1.88 bits per heavy atom. The van der Waals surface area contributed by atoms with Gasteiger partial charge in [0.1, 0.15) is 0 Å². The van der Waals surface area contributed by atoms with E-state index < -0.39 is 10.6 Å². The summed E-state index contributed by atoms with van der Waals surface area (Å²) in [4.78, 5) is 12.3. The molecule has 2 aromatic rings. The van der Waals surface area contributed by atoms with Crippen LogP contribution in [0.3, 0.4) is 0 Å². The Labute approximate surface area is 169 Å². The first-order valence-corrected chi connectivity index (χ1v) is 12.0. The number of carbonyl (C=O) groups is 1. The highest BCUT2D eigenvalue weighted by Crippen LogP contribution is 2.46. The molecule has 0 atom stereocenters. The number of hydrogen-bond acceptors (Lipinski definition) is 3. The number of halogens is 2. The molecule has 0 aliphatic carbocycles. The van der Waals surface area contributed by atoms with Crippen molar-refractivity contribution in [2.45, 2.75) is 26.2 Å². The molecule has 1 aromatic heterocycles. The average Bonchev–Trinajstić information content (AvgIpc) is 2.93. The third-order valence-corrected chi connectivity index (χ3v) is 7.57. The fourth-order valence-electron chi connectivity index (χ4n) is 3.58. The summed E-state index contributed by atoms with van der Waals surface area (Å²) < 4.78 is 21.8. The minimum absolute atomic E-state index is 0.0642. The van der Waals surface area contributed by atoms with Crippen LogP contribution >= 0.6 is 38.1 Å². The van der Waals surface area contributed by atoms with Gasteiger partial charge in [0.25, 0.3) is 0 Å². The van der Waals surface area contributed by atoms with E-state index in [-0.39, 0.29) is 5.78 Å². The smallest absolute Gasteiger partial charge is 0.175 e. The van der Waals surface area contributed by atoms with Gasteiger partial charge in [0.15, 0.2) is 5.78 Å². The zero-order valence-corrected chi connectivity index (χ0v) is 17.8. The van der Waals surface area contributed by atoms with Gasteiger partial charge in [0, 0.05) is 39.2 Å². The molecule has 7 heteroatoms. The van der Waals surface area contributed by atoms with Gasteiger partial charge in [0.05, 0.1) is 5.33 Å². The van der Waals surface area contributed by atoms with E-state index in [4.69, 9.17) is 11.6 Å². The van der Waals surface area contributed by atoms with Gasteiger partial charge in [-0.2, -0.15) is 10.6 Å². The summed E-state index contributed by atoms with van der Waals surface area (Å²) in [5.74, 6) is 1.41. The van der Waals surface area contributed by atoms with Gasteiger partial charge in [-0.05, 0) is 62.4 Å². The topological polar surface area (TPSA) is 62.5 Å². The molecule has 1 aliphatic heterocycles. The fourth-order valence-corrected chi connectivity index (χ4v) is 5.64. The van der Waals surface area contributed by atoms with Crippen LogP contribution in [0.1, 0.15) is 34.6 Å². The van der Waals surface area contributed by atoms with Crippen LogP contribution in [0, 0.1) is 12.8 Å². The molecule has 4 nitrogen and oxygen atoms in total. The largest absolute Gasteiger partial charge is 0.317 e. The Balaban J connectivity index is 1.95. The number of Topliss-reactive ketones (excluding diaryl/α,β-unsaturated/α-hetero) is 1. The summed E-state index contributed by atoms with van der Waals surface area (Å²) in [6, 6.07) is 9.60. The standard InChI is InChI=1S/C19H23BrClNO3S/c1-13-18(19(23)12-20)11-17(10-14-6-8-26(24,25)9-7-14)22(13)16-4-2-15(21)3-5-16/h2-5,11,14,24-25H,6-10,12H2,1H3. The van der Waals surface area contributed by atoms with Crippen LogP contribution in [-0.4, -0.2) is 36.3 Å². The number of benzene rings is 1. The molecule has 0 bridgehead atoms. The van der Waals surface area contributed by atoms with Crippen molar-refractivity contribution in [3.63, 3.8) is 0 Å². The van der Waals surface area contributed by atoms with Gasteiger partial charge < -0.3 is 4.57 Å². The van der Waals surface area contributed by atoms with Gasteiger partial charge in [0.2, 0.25) is 0 Å². The van der Waals surface area contributed by atoms with Crippen LogP contribution in [0.4, 0.5) is 0 Å². The summed E-state index contributed by atoms with van der Waals surface area (Å²) in [6.07, 6.45) is 2.42. The van der Waals surface area contributed by atoms with E-state index in [1.165, 1.54) is 0 Å². The maximum atomic E-state index is 12.3. The van der Waals surface area contributed by atoms with Crippen molar-refractivity contribution >= 4 is 43.9 Å². The Morgan fingerprint density at radius 1 is 1.27 bits per heavy atom. The number of carbonyl (C=O) groups excluding carboxylic acids is 1. The average molecular weight is 461 g/mol. The number of hydrogen-bond donors (Lipinski definition) is 2. The molecule has 0 unspecified atom stereocenters. The van der Waals surface area contributed by atoms with E-state index >= 15 is 0 Å². The third-order valence-electron chi connectivity index (χ3n) is 5.03. The van der Waals surface area contributed by atoms with E-state index in [1.54, 1.807) is 0 Å². The molecule has 2 N–H and O–H groups in total. The van der Waals surface area contributed by atoms with Gasteiger partial charge in [-0.25, -0.2) is 0 Å². The Kier molecular flexibility index (Phi) is 6.19. The van der Waals surface area contributed by atoms with E-state index in [9.17, 15) is 13.9 Å². The summed E-state index contributed by atoms with van der Waals surface area (Å²) in [7, 11) is -2.38. The molecule has 0 spiro atoms. The summed E-state index contributed by atoms with van der Waals surface area (Å²) in [5, 5.41) is 0.969. The number of ketones is 1. The highest BCUT2D eigenvalue weighted by atomic mass is 79.9. The van der Waals surface area contributed by atoms with Crippen LogP contribution in [-0.2, 0) is 6.42 Å². The van der Waals surface area contributed by atoms with Gasteiger partial charge in [-0.15, -0.1) is 0 Å². The summed E-state index contributed by atoms with van der Waals surface area (Å²) >= 11 is 9.29. The van der Waals surface area contributed by atoms with Gasteiger partial charge in [-0.1, -0.05) is 27.5 Å². The van der Waals surface area contributed by atoms with E-state index in [1.807, 2.05) is 37.3 Å². The van der Waals surface area contributed by atoms with E-state index in [0.717, 1.165) is 41.9 Å². The van der Waals surface area contributed by atoms with Crippen LogP contribution in [0.2, 0.25) is 5.02 Å². The molecule has 142 valence electrons. The van der Waals surface area contributed by atoms with Crippen LogP contribution in [0.25, 0.3) is 5.69 Å². The molecule has 0 saturated carbocycles. The fraction of sp³-hybridized carbons (Fsp3) is 0.421. The summed E-state index contributed by atoms with van der Waals surface area (Å²) in [6.45, 7) is 1.96. The van der Waals surface area contributed by atoms with Crippen molar-refractivity contribution in [2.24, 2.45) is 5.92 Å². The lowest BCUT2D eigenvalue weighted by Crippen LogP contribution is -2.22. The van der Waals surface area contributed by atoms with Crippen LogP contribution < -0.4 is 0 Å². The molecule has 1 aromatic carbocycles. The van der Waals surface area contributed by atoms with Crippen molar-refractivity contribution in [1.29, 1.82) is 0 Å². The highest BCUT2D eigenvalue weighted by molar-refractivity contribution is 9.09. The predicted octanol–water partition coefficient (Wildman–Crippen LogP) is 5.72. The molecule has 2 heterocycles. The Bertz CT molecular complexity index is 794. The highest BCUT2D eigenvalue weighted by Gasteiger charge is 2.26. The molecule has 26 heavy (non-hydrogen) atoms. The molecular formula is C19H23BrClNO3S. The van der Waals surface area contributed by atoms with E-state index in [2.05, 4.69) is 20.5 Å². The monoisotopic (exact) mass is 459 g/mol. The second kappa shape index (κ2) is 8.07. The maximum absolute atomic E-state index is 12.3. The van der Waals surface area contributed by atoms with Crippen LogP contribution in [0.5, 0.6) is 0 Å². The second-order valence-corrected chi connectivity index (χ2v) is 10.3. The molecule has 1 saturated heterocycles. The minimum Gasteiger partial charge on any atom is -0.317 e. The van der Waals surface area contributed by atoms with Crippen molar-refractivity contribution < 1.29 is 13.9 Å². The Hall–Kier alpha value is -0.790. The maximum Gasteiger partial charge on any atom is 0.175 e. The lowest BCUT2D eigenvalue weighted by Gasteiger charge is -2.39. The van der Waals surface area contributed by atoms with Gasteiger partial charge in [-0.3, -0.25) is 13.9 Å². The molecule has 0 radical (unpaired) electrons. The first-order valence-electron chi connectivity index (χ1n) is 8.60. The number of aromatic nitrogens is 1. The molecule has 1 aliphatic rings. The third kappa shape index (κ3) is 4.37. The normalized spacial score (nSPS) is 18.7. The first-order chi connectivity index (χ1) is 12.3. The predicted molar refractivity (Wildman–Crippen MR) is 113 cm³/mol. The van der Waals surface area contributed by atoms with Crippen molar-refractivity contribution in [1.82, 2.24) is 4.57 Å². The molecular weight excluding hydrogens is 438 g/mol. The van der Waals surface area contributed by atoms with Crippen molar-refractivity contribution in [2.75, 3.05) is 16.8 Å². The van der Waals surface area contributed by atoms with E-state index in [0.29, 0.717) is 27.8 Å². The zero-order chi connectivity index (χ0) is 18.9. The second-order valence-electron chi connectivity index (χ2n) is 6.86. The lowest BCUT2D eigenvalue weighted by molar-refractivity contribution is 0.102. The zero-order valence-electron chi connectivity index (χ0n) is 14.6. The number of rotatable bonds is 5. The molecule has 0 amide bonds. The number of alkyl halides is 1. The minimum atomic E-state index is -2.38. The van der Waals surface area contributed by atoms with Gasteiger partial charge >= 0.3 is 0 Å². The first kappa shape index (κ1) is 20.0. The van der Waals surface area contributed by atoms with Crippen molar-refractivity contribution in [3.05, 3.63) is 52.3 Å². The SMILES string of the molecule is Cc1c(C(=O)CBr)cc(CC2CCS(O)(O)CC2)n1-c1ccc(Cl)cc1.